The van der Waals surface area contributed by atoms with Gasteiger partial charge in [-0.25, -0.2) is 0 Å². The van der Waals surface area contributed by atoms with E-state index in [1.165, 1.54) is 4.90 Å². The van der Waals surface area contributed by atoms with Crippen LogP contribution in [-0.4, -0.2) is 36.9 Å². The van der Waals surface area contributed by atoms with Crippen molar-refractivity contribution in [3.63, 3.8) is 0 Å². The Kier molecular flexibility index (Phi) is 3.27. The Morgan fingerprint density at radius 2 is 2.12 bits per heavy atom. The Bertz CT molecular complexity index is 445. The van der Waals surface area contributed by atoms with Gasteiger partial charge in [0.15, 0.2) is 0 Å². The Morgan fingerprint density at radius 3 is 2.88 bits per heavy atom. The number of ether oxygens (including phenoxy) is 1. The summed E-state index contributed by atoms with van der Waals surface area (Å²) >= 11 is 0. The molecule has 2 rings (SSSR count). The van der Waals surface area contributed by atoms with Crippen molar-refractivity contribution >= 4 is 11.8 Å². The van der Waals surface area contributed by atoms with Gasteiger partial charge in [0, 0.05) is 25.2 Å². The summed E-state index contributed by atoms with van der Waals surface area (Å²) in [5, 5.41) is 2.51. The maximum atomic E-state index is 11.6. The monoisotopic (exact) mass is 234 g/mol. The molecule has 0 saturated carbocycles. The number of hydrogen-bond donors (Lipinski definition) is 1. The Labute approximate surface area is 99.4 Å². The van der Waals surface area contributed by atoms with Crippen LogP contribution in [0.5, 0.6) is 5.75 Å². The van der Waals surface area contributed by atoms with Gasteiger partial charge in [-0.3, -0.25) is 9.59 Å². The molecule has 1 fully saturated rings. The van der Waals surface area contributed by atoms with Gasteiger partial charge in [-0.05, 0) is 6.07 Å². The summed E-state index contributed by atoms with van der Waals surface area (Å²) in [5.41, 5.74) is 0.901. The average Bonchev–Trinajstić information content (AvgIpc) is 2.35. The minimum atomic E-state index is -0.536. The summed E-state index contributed by atoms with van der Waals surface area (Å²) in [7, 11) is 1.59. The third-order valence-electron chi connectivity index (χ3n) is 2.70. The molecule has 2 amide bonds. The molecule has 0 spiro atoms. The minimum absolute atomic E-state index is 0.399. The van der Waals surface area contributed by atoms with Gasteiger partial charge in [0.1, 0.15) is 5.75 Å². The highest BCUT2D eigenvalue weighted by Gasteiger charge is 2.26. The predicted octanol–water partition coefficient (Wildman–Crippen LogP) is 0.154. The topological polar surface area (TPSA) is 58.6 Å². The highest BCUT2D eigenvalue weighted by atomic mass is 16.5. The fourth-order valence-corrected chi connectivity index (χ4v) is 1.82. The highest BCUT2D eigenvalue weighted by molar-refractivity contribution is 6.35. The Morgan fingerprint density at radius 1 is 1.35 bits per heavy atom. The number of nitrogens with one attached hydrogen (secondary N) is 1. The van der Waals surface area contributed by atoms with E-state index in [9.17, 15) is 9.59 Å². The van der Waals surface area contributed by atoms with Gasteiger partial charge in [-0.1, -0.05) is 18.2 Å². The second-order valence-electron chi connectivity index (χ2n) is 3.79. The first-order chi connectivity index (χ1) is 8.22. The summed E-state index contributed by atoms with van der Waals surface area (Å²) in [5.74, 6) is -0.292. The van der Waals surface area contributed by atoms with Gasteiger partial charge in [0.2, 0.25) is 0 Å². The molecule has 0 radical (unpaired) electrons. The molecule has 1 N–H and O–H groups in total. The van der Waals surface area contributed by atoms with Crippen LogP contribution in [0.25, 0.3) is 0 Å². The molecule has 1 saturated heterocycles. The third kappa shape index (κ3) is 2.38. The molecule has 0 atom stereocenters. The zero-order valence-corrected chi connectivity index (χ0v) is 9.60. The number of rotatable bonds is 3. The van der Waals surface area contributed by atoms with Crippen molar-refractivity contribution in [3.8, 4) is 5.75 Å². The van der Waals surface area contributed by atoms with Gasteiger partial charge < -0.3 is 15.0 Å². The lowest BCUT2D eigenvalue weighted by Gasteiger charge is -2.26. The van der Waals surface area contributed by atoms with E-state index in [2.05, 4.69) is 5.32 Å². The van der Waals surface area contributed by atoms with Crippen LogP contribution in [0.1, 0.15) is 5.56 Å². The smallest absolute Gasteiger partial charge is 0.312 e. The standard InChI is InChI=1S/C12H14N2O3/c1-17-10-5-3-2-4-9(10)8-14-7-6-13-11(15)12(14)16/h2-5H,6-8H2,1H3,(H,13,15). The SMILES string of the molecule is COc1ccccc1CN1CCNC(=O)C1=O. The summed E-state index contributed by atoms with van der Waals surface area (Å²) in [6.07, 6.45) is 0. The normalized spacial score (nSPS) is 15.7. The van der Waals surface area contributed by atoms with E-state index in [1.807, 2.05) is 24.3 Å². The van der Waals surface area contributed by atoms with Crippen molar-refractivity contribution in [1.82, 2.24) is 10.2 Å². The van der Waals surface area contributed by atoms with E-state index < -0.39 is 11.8 Å². The molecule has 0 aliphatic carbocycles. The molecule has 0 aromatic heterocycles. The van der Waals surface area contributed by atoms with Crippen molar-refractivity contribution in [2.24, 2.45) is 0 Å². The van der Waals surface area contributed by atoms with E-state index in [0.29, 0.717) is 19.6 Å². The molecule has 5 heteroatoms. The van der Waals surface area contributed by atoms with E-state index in [0.717, 1.165) is 11.3 Å². The van der Waals surface area contributed by atoms with Gasteiger partial charge in [-0.15, -0.1) is 0 Å². The van der Waals surface area contributed by atoms with Crippen LogP contribution in [-0.2, 0) is 16.1 Å². The molecule has 1 heterocycles. The van der Waals surface area contributed by atoms with E-state index in [1.54, 1.807) is 7.11 Å². The molecule has 0 unspecified atom stereocenters. The number of nitrogens with zero attached hydrogens (tertiary/aromatic N) is 1. The number of hydrogen-bond acceptors (Lipinski definition) is 3. The van der Waals surface area contributed by atoms with E-state index >= 15 is 0 Å². The molecule has 1 aliphatic rings. The zero-order chi connectivity index (χ0) is 12.3. The second-order valence-corrected chi connectivity index (χ2v) is 3.79. The molecule has 1 aromatic carbocycles. The van der Waals surface area contributed by atoms with Crippen molar-refractivity contribution in [2.45, 2.75) is 6.54 Å². The van der Waals surface area contributed by atoms with Gasteiger partial charge in [0.05, 0.1) is 7.11 Å². The third-order valence-corrected chi connectivity index (χ3v) is 2.70. The van der Waals surface area contributed by atoms with Crippen LogP contribution in [0.2, 0.25) is 0 Å². The molecule has 0 bridgehead atoms. The van der Waals surface area contributed by atoms with Crippen LogP contribution in [0.15, 0.2) is 24.3 Å². The summed E-state index contributed by atoms with van der Waals surface area (Å²) in [6.45, 7) is 1.43. The second kappa shape index (κ2) is 4.86. The Balaban J connectivity index is 2.14. The van der Waals surface area contributed by atoms with Crippen LogP contribution in [0, 0.1) is 0 Å². The van der Waals surface area contributed by atoms with Crippen molar-refractivity contribution in [1.29, 1.82) is 0 Å². The number of benzene rings is 1. The first kappa shape index (κ1) is 11.4. The number of methoxy groups -OCH3 is 1. The maximum absolute atomic E-state index is 11.6. The fourth-order valence-electron chi connectivity index (χ4n) is 1.82. The van der Waals surface area contributed by atoms with Gasteiger partial charge >= 0.3 is 11.8 Å². The first-order valence-corrected chi connectivity index (χ1v) is 5.41. The quantitative estimate of drug-likeness (QED) is 0.758. The van der Waals surface area contributed by atoms with Crippen LogP contribution < -0.4 is 10.1 Å². The Hall–Kier alpha value is -2.04. The number of carbonyl (C=O) groups is 2. The minimum Gasteiger partial charge on any atom is -0.496 e. The van der Waals surface area contributed by atoms with Crippen molar-refractivity contribution in [3.05, 3.63) is 29.8 Å². The summed E-state index contributed by atoms with van der Waals surface area (Å²) in [6, 6.07) is 7.47. The number of para-hydroxylation sites is 1. The number of piperazine rings is 1. The van der Waals surface area contributed by atoms with Gasteiger partial charge in [0.25, 0.3) is 0 Å². The lowest BCUT2D eigenvalue weighted by molar-refractivity contribution is -0.148. The number of carbonyl (C=O) groups excluding carboxylic acids is 2. The maximum Gasteiger partial charge on any atom is 0.312 e. The first-order valence-electron chi connectivity index (χ1n) is 5.41. The molecule has 1 aromatic rings. The van der Waals surface area contributed by atoms with Gasteiger partial charge in [-0.2, -0.15) is 0 Å². The summed E-state index contributed by atoms with van der Waals surface area (Å²) in [4.78, 5) is 24.3. The molecule has 1 aliphatic heterocycles. The molecule has 90 valence electrons. The van der Waals surface area contributed by atoms with Crippen LogP contribution >= 0.6 is 0 Å². The molecular weight excluding hydrogens is 220 g/mol. The molecular formula is C12H14N2O3. The van der Waals surface area contributed by atoms with Crippen LogP contribution in [0.4, 0.5) is 0 Å². The fraction of sp³-hybridized carbons (Fsp3) is 0.333. The highest BCUT2D eigenvalue weighted by Crippen LogP contribution is 2.19. The van der Waals surface area contributed by atoms with Crippen molar-refractivity contribution < 1.29 is 14.3 Å². The zero-order valence-electron chi connectivity index (χ0n) is 9.60. The van der Waals surface area contributed by atoms with Crippen LogP contribution in [0.3, 0.4) is 0 Å². The number of amides is 2. The lowest BCUT2D eigenvalue weighted by Crippen LogP contribution is -2.51. The van der Waals surface area contributed by atoms with Crippen molar-refractivity contribution in [2.75, 3.05) is 20.2 Å². The van der Waals surface area contributed by atoms with E-state index in [4.69, 9.17) is 4.74 Å². The molecule has 5 nitrogen and oxygen atoms in total. The lowest BCUT2D eigenvalue weighted by atomic mass is 10.1. The largest absolute Gasteiger partial charge is 0.496 e. The average molecular weight is 234 g/mol. The summed E-state index contributed by atoms with van der Waals surface area (Å²) < 4.78 is 5.21. The predicted molar refractivity (Wildman–Crippen MR) is 61.4 cm³/mol. The molecule has 17 heavy (non-hydrogen) atoms. The van der Waals surface area contributed by atoms with E-state index in [-0.39, 0.29) is 0 Å².